The predicted molar refractivity (Wildman–Crippen MR) is 117 cm³/mol. The van der Waals surface area contributed by atoms with Gasteiger partial charge in [-0.1, -0.05) is 30.3 Å². The zero-order chi connectivity index (χ0) is 20.8. The molecule has 7 heteroatoms. The molecule has 1 aromatic heterocycles. The van der Waals surface area contributed by atoms with E-state index in [1.807, 2.05) is 43.3 Å². The number of imidazole rings is 1. The minimum absolute atomic E-state index is 0.215. The van der Waals surface area contributed by atoms with Crippen molar-refractivity contribution >= 4 is 22.8 Å². The number of fused-ring (bicyclic) bond motifs is 1. The van der Waals surface area contributed by atoms with Crippen molar-refractivity contribution in [3.05, 3.63) is 54.1 Å². The van der Waals surface area contributed by atoms with E-state index in [1.165, 1.54) is 10.1 Å². The van der Waals surface area contributed by atoms with Crippen LogP contribution in [0.2, 0.25) is 0 Å². The zero-order valence-electron chi connectivity index (χ0n) is 17.3. The van der Waals surface area contributed by atoms with Crippen LogP contribution in [0.25, 0.3) is 11.0 Å². The molecule has 0 saturated carbocycles. The fourth-order valence-electron chi connectivity index (χ4n) is 3.70. The van der Waals surface area contributed by atoms with Crippen LogP contribution in [0.4, 0.5) is 10.5 Å². The predicted octanol–water partition coefficient (Wildman–Crippen LogP) is 3.46. The van der Waals surface area contributed by atoms with Gasteiger partial charge in [-0.15, -0.1) is 0 Å². The molecule has 1 saturated heterocycles. The number of carbonyl (C=O) groups is 1. The van der Waals surface area contributed by atoms with Crippen LogP contribution < -0.4 is 15.0 Å². The number of rotatable bonds is 7. The van der Waals surface area contributed by atoms with Crippen LogP contribution in [0.15, 0.2) is 48.5 Å². The maximum atomic E-state index is 12.9. The summed E-state index contributed by atoms with van der Waals surface area (Å²) in [5.41, 5.74) is 3.85. The fourth-order valence-corrected chi connectivity index (χ4v) is 3.70. The Morgan fingerprint density at radius 3 is 2.73 bits per heavy atom. The number of hydrogen-bond donors (Lipinski definition) is 1. The molecule has 1 aliphatic rings. The topological polar surface area (TPSA) is 68.6 Å². The van der Waals surface area contributed by atoms with E-state index < -0.39 is 0 Å². The molecule has 1 N–H and O–H groups in total. The summed E-state index contributed by atoms with van der Waals surface area (Å²) in [5, 5.41) is 3.00. The Morgan fingerprint density at radius 2 is 1.97 bits per heavy atom. The van der Waals surface area contributed by atoms with Crippen molar-refractivity contribution in [1.82, 2.24) is 14.9 Å². The summed E-state index contributed by atoms with van der Waals surface area (Å²) < 4.78 is 12.6. The number of nitrogens with one attached hydrogen (secondary N) is 1. The molecule has 0 unspecified atom stereocenters. The fraction of sp³-hybridized carbons (Fsp3) is 0.391. The van der Waals surface area contributed by atoms with Crippen LogP contribution in [0.3, 0.4) is 0 Å². The van der Waals surface area contributed by atoms with Crippen molar-refractivity contribution in [3.63, 3.8) is 0 Å². The van der Waals surface area contributed by atoms with Gasteiger partial charge in [0.25, 0.3) is 0 Å². The number of aromatic nitrogens is 2. The second-order valence-corrected chi connectivity index (χ2v) is 7.26. The highest BCUT2D eigenvalue weighted by molar-refractivity contribution is 5.92. The molecule has 2 heterocycles. The van der Waals surface area contributed by atoms with E-state index in [0.717, 1.165) is 55.9 Å². The molecular weight excluding hydrogens is 380 g/mol. The SMILES string of the molecule is CCOc1nc2cc(N3CCOCC3)ccc2n1C(=O)NCCCc1ccccc1. The average molecular weight is 409 g/mol. The number of anilines is 1. The maximum Gasteiger partial charge on any atom is 0.330 e. The summed E-state index contributed by atoms with van der Waals surface area (Å²) in [6.45, 7) is 6.08. The van der Waals surface area contributed by atoms with Crippen molar-refractivity contribution in [2.45, 2.75) is 19.8 Å². The summed E-state index contributed by atoms with van der Waals surface area (Å²) >= 11 is 0. The van der Waals surface area contributed by atoms with Crippen molar-refractivity contribution in [1.29, 1.82) is 0 Å². The molecular formula is C23H28N4O3. The van der Waals surface area contributed by atoms with Crippen molar-refractivity contribution in [2.24, 2.45) is 0 Å². The van der Waals surface area contributed by atoms with Gasteiger partial charge in [0.1, 0.15) is 0 Å². The van der Waals surface area contributed by atoms with Crippen LogP contribution >= 0.6 is 0 Å². The summed E-state index contributed by atoms with van der Waals surface area (Å²) in [7, 11) is 0. The second-order valence-electron chi connectivity index (χ2n) is 7.26. The molecule has 0 spiro atoms. The standard InChI is InChI=1S/C23H28N4O3/c1-2-30-23-25-20-17-19(26-13-15-29-16-14-26)10-11-21(20)27(23)22(28)24-12-6-9-18-7-4-3-5-8-18/h3-5,7-8,10-11,17H,2,6,9,12-16H2,1H3,(H,24,28). The first-order valence-corrected chi connectivity index (χ1v) is 10.6. The molecule has 30 heavy (non-hydrogen) atoms. The van der Waals surface area contributed by atoms with E-state index in [9.17, 15) is 4.79 Å². The first-order valence-electron chi connectivity index (χ1n) is 10.6. The first-order chi connectivity index (χ1) is 14.8. The first kappa shape index (κ1) is 20.2. The van der Waals surface area contributed by atoms with Gasteiger partial charge in [-0.25, -0.2) is 9.36 Å². The lowest BCUT2D eigenvalue weighted by Gasteiger charge is -2.28. The molecule has 4 rings (SSSR count). The van der Waals surface area contributed by atoms with E-state index in [-0.39, 0.29) is 6.03 Å². The van der Waals surface area contributed by atoms with Gasteiger partial charge in [0, 0.05) is 25.3 Å². The van der Waals surface area contributed by atoms with Crippen molar-refractivity contribution in [2.75, 3.05) is 44.4 Å². The van der Waals surface area contributed by atoms with Crippen LogP contribution in [-0.4, -0.2) is 55.0 Å². The Bertz CT molecular complexity index is 981. The highest BCUT2D eigenvalue weighted by Crippen LogP contribution is 2.26. The minimum Gasteiger partial charge on any atom is -0.465 e. The third-order valence-electron chi connectivity index (χ3n) is 5.22. The molecule has 0 bridgehead atoms. The number of benzene rings is 2. The van der Waals surface area contributed by atoms with Gasteiger partial charge in [-0.2, -0.15) is 4.98 Å². The van der Waals surface area contributed by atoms with Gasteiger partial charge < -0.3 is 19.7 Å². The number of morpholine rings is 1. The second kappa shape index (κ2) is 9.63. The van der Waals surface area contributed by atoms with Gasteiger partial charge in [-0.05, 0) is 43.5 Å². The molecule has 0 aliphatic carbocycles. The highest BCUT2D eigenvalue weighted by atomic mass is 16.5. The summed E-state index contributed by atoms with van der Waals surface area (Å²) in [4.78, 5) is 19.8. The minimum atomic E-state index is -0.215. The van der Waals surface area contributed by atoms with E-state index in [0.29, 0.717) is 19.2 Å². The van der Waals surface area contributed by atoms with Crippen LogP contribution in [-0.2, 0) is 11.2 Å². The molecule has 2 aromatic carbocycles. The smallest absolute Gasteiger partial charge is 0.330 e. The lowest BCUT2D eigenvalue weighted by molar-refractivity contribution is 0.122. The van der Waals surface area contributed by atoms with E-state index in [4.69, 9.17) is 9.47 Å². The Hall–Kier alpha value is -3.06. The Morgan fingerprint density at radius 1 is 1.17 bits per heavy atom. The number of aryl methyl sites for hydroxylation is 1. The third kappa shape index (κ3) is 4.57. The molecule has 0 atom stereocenters. The number of hydrogen-bond acceptors (Lipinski definition) is 5. The highest BCUT2D eigenvalue weighted by Gasteiger charge is 2.19. The van der Waals surface area contributed by atoms with E-state index in [2.05, 4.69) is 27.3 Å². The molecule has 158 valence electrons. The van der Waals surface area contributed by atoms with Gasteiger partial charge in [0.15, 0.2) is 0 Å². The van der Waals surface area contributed by atoms with Crippen LogP contribution in [0, 0.1) is 0 Å². The lowest BCUT2D eigenvalue weighted by atomic mass is 10.1. The monoisotopic (exact) mass is 408 g/mol. The molecule has 1 fully saturated rings. The Labute approximate surface area is 176 Å². The third-order valence-corrected chi connectivity index (χ3v) is 5.22. The lowest BCUT2D eigenvalue weighted by Crippen LogP contribution is -2.36. The number of nitrogens with zero attached hydrogens (tertiary/aromatic N) is 3. The van der Waals surface area contributed by atoms with Gasteiger partial charge in [-0.3, -0.25) is 0 Å². The van der Waals surface area contributed by atoms with Crippen molar-refractivity contribution in [3.8, 4) is 6.01 Å². The van der Waals surface area contributed by atoms with E-state index in [1.54, 1.807) is 0 Å². The molecule has 7 nitrogen and oxygen atoms in total. The van der Waals surface area contributed by atoms with Gasteiger partial charge in [0.05, 0.1) is 30.9 Å². The molecule has 0 radical (unpaired) electrons. The Kier molecular flexibility index (Phi) is 6.49. The Balaban J connectivity index is 1.48. The molecule has 1 amide bonds. The number of carbonyl (C=O) groups excluding carboxylic acids is 1. The average Bonchev–Trinajstić information content (AvgIpc) is 3.15. The largest absolute Gasteiger partial charge is 0.465 e. The summed E-state index contributed by atoms with van der Waals surface area (Å²) in [6.07, 6.45) is 1.79. The van der Waals surface area contributed by atoms with Crippen LogP contribution in [0.1, 0.15) is 18.9 Å². The van der Waals surface area contributed by atoms with Crippen LogP contribution in [0.5, 0.6) is 6.01 Å². The quantitative estimate of drug-likeness (QED) is 0.607. The van der Waals surface area contributed by atoms with Gasteiger partial charge >= 0.3 is 12.0 Å². The molecule has 3 aromatic rings. The molecule has 1 aliphatic heterocycles. The summed E-state index contributed by atoms with van der Waals surface area (Å²) in [6, 6.07) is 16.4. The van der Waals surface area contributed by atoms with Crippen molar-refractivity contribution < 1.29 is 14.3 Å². The van der Waals surface area contributed by atoms with Gasteiger partial charge in [0.2, 0.25) is 0 Å². The summed E-state index contributed by atoms with van der Waals surface area (Å²) in [5.74, 6) is 0. The normalized spacial score (nSPS) is 14.1. The number of ether oxygens (including phenoxy) is 2. The maximum absolute atomic E-state index is 12.9. The van der Waals surface area contributed by atoms with E-state index >= 15 is 0 Å². The number of amides is 1. The zero-order valence-corrected chi connectivity index (χ0v) is 17.3.